The molecule has 0 amide bonds. The lowest BCUT2D eigenvalue weighted by Crippen LogP contribution is -2.43. The summed E-state index contributed by atoms with van der Waals surface area (Å²) in [6, 6.07) is 0. The molecule has 2 N–H and O–H groups in total. The zero-order valence-corrected chi connectivity index (χ0v) is 12.9. The summed E-state index contributed by atoms with van der Waals surface area (Å²) in [5, 5.41) is 19.5. The standard InChI is InChI=1S/C13H28O3Si/c1-7-8-11(14)9-12(15)10-16-17(5,6)13(2,3)4/h7,11-12,14-15H,1,8-10H2,2-6H3. The molecule has 17 heavy (non-hydrogen) atoms. The van der Waals surface area contributed by atoms with E-state index in [1.54, 1.807) is 6.08 Å². The zero-order chi connectivity index (χ0) is 13.7. The molecule has 3 nitrogen and oxygen atoms in total. The molecule has 0 aromatic carbocycles. The maximum Gasteiger partial charge on any atom is 0.192 e. The molecule has 0 saturated heterocycles. The van der Waals surface area contributed by atoms with Crippen LogP contribution in [0.25, 0.3) is 0 Å². The van der Waals surface area contributed by atoms with Gasteiger partial charge in [0.15, 0.2) is 8.32 Å². The highest BCUT2D eigenvalue weighted by Crippen LogP contribution is 2.36. The first kappa shape index (κ1) is 16.8. The van der Waals surface area contributed by atoms with E-state index in [1.807, 2.05) is 0 Å². The van der Waals surface area contributed by atoms with Gasteiger partial charge in [0.05, 0.1) is 18.8 Å². The number of aliphatic hydroxyl groups is 2. The first-order valence-corrected chi connectivity index (χ1v) is 9.12. The van der Waals surface area contributed by atoms with Crippen molar-refractivity contribution in [3.05, 3.63) is 12.7 Å². The fraction of sp³-hybridized carbons (Fsp3) is 0.846. The van der Waals surface area contributed by atoms with Crippen LogP contribution in [0.15, 0.2) is 12.7 Å². The van der Waals surface area contributed by atoms with Crippen molar-refractivity contribution in [2.45, 2.75) is 64.0 Å². The second-order valence-corrected chi connectivity index (χ2v) is 10.9. The Kier molecular flexibility index (Phi) is 6.62. The van der Waals surface area contributed by atoms with E-state index in [4.69, 9.17) is 4.43 Å². The molecule has 0 saturated carbocycles. The van der Waals surface area contributed by atoms with E-state index in [2.05, 4.69) is 40.4 Å². The van der Waals surface area contributed by atoms with E-state index in [1.165, 1.54) is 0 Å². The summed E-state index contributed by atoms with van der Waals surface area (Å²) in [5.41, 5.74) is 0. The molecule has 0 aromatic rings. The third-order valence-corrected chi connectivity index (χ3v) is 7.93. The lowest BCUT2D eigenvalue weighted by Gasteiger charge is -2.36. The van der Waals surface area contributed by atoms with Crippen LogP contribution >= 0.6 is 0 Å². The summed E-state index contributed by atoms with van der Waals surface area (Å²) in [6.07, 6.45) is 1.40. The highest BCUT2D eigenvalue weighted by Gasteiger charge is 2.37. The SMILES string of the molecule is C=CCC(O)CC(O)CO[Si](C)(C)C(C)(C)C. The van der Waals surface area contributed by atoms with E-state index in [0.29, 0.717) is 19.4 Å². The third kappa shape index (κ3) is 6.36. The van der Waals surface area contributed by atoms with Gasteiger partial charge in [-0.1, -0.05) is 26.8 Å². The van der Waals surface area contributed by atoms with E-state index in [9.17, 15) is 10.2 Å². The number of hydrogen-bond acceptors (Lipinski definition) is 3. The monoisotopic (exact) mass is 260 g/mol. The topological polar surface area (TPSA) is 49.7 Å². The maximum absolute atomic E-state index is 9.78. The van der Waals surface area contributed by atoms with Gasteiger partial charge in [-0.3, -0.25) is 0 Å². The molecule has 4 heteroatoms. The van der Waals surface area contributed by atoms with Crippen molar-refractivity contribution in [2.75, 3.05) is 6.61 Å². The highest BCUT2D eigenvalue weighted by molar-refractivity contribution is 6.74. The highest BCUT2D eigenvalue weighted by atomic mass is 28.4. The Bertz CT molecular complexity index is 233. The summed E-state index contributed by atoms with van der Waals surface area (Å²) >= 11 is 0. The molecule has 0 radical (unpaired) electrons. The molecule has 0 fully saturated rings. The Morgan fingerprint density at radius 3 is 2.18 bits per heavy atom. The molecular formula is C13H28O3Si. The smallest absolute Gasteiger partial charge is 0.192 e. The predicted molar refractivity (Wildman–Crippen MR) is 74.6 cm³/mol. The second-order valence-electron chi connectivity index (χ2n) is 6.14. The maximum atomic E-state index is 9.78. The molecule has 0 aliphatic carbocycles. The predicted octanol–water partition coefficient (Wildman–Crippen LogP) is 2.70. The van der Waals surface area contributed by atoms with Crippen LogP contribution < -0.4 is 0 Å². The van der Waals surface area contributed by atoms with Gasteiger partial charge >= 0.3 is 0 Å². The molecule has 102 valence electrons. The summed E-state index contributed by atoms with van der Waals surface area (Å²) in [5.74, 6) is 0. The minimum Gasteiger partial charge on any atom is -0.414 e. The van der Waals surface area contributed by atoms with Crippen LogP contribution in [0.1, 0.15) is 33.6 Å². The van der Waals surface area contributed by atoms with Gasteiger partial charge in [-0.05, 0) is 24.6 Å². The van der Waals surface area contributed by atoms with Gasteiger partial charge in [0.1, 0.15) is 0 Å². The molecule has 0 aliphatic rings. The van der Waals surface area contributed by atoms with Gasteiger partial charge < -0.3 is 14.6 Å². The summed E-state index contributed by atoms with van der Waals surface area (Å²) < 4.78 is 5.89. The molecule has 2 atom stereocenters. The van der Waals surface area contributed by atoms with Crippen molar-refractivity contribution in [3.8, 4) is 0 Å². The van der Waals surface area contributed by atoms with Crippen LogP contribution in [0.2, 0.25) is 18.1 Å². The van der Waals surface area contributed by atoms with Crippen molar-refractivity contribution in [1.29, 1.82) is 0 Å². The molecule has 0 aromatic heterocycles. The molecular weight excluding hydrogens is 232 g/mol. The van der Waals surface area contributed by atoms with Crippen molar-refractivity contribution in [3.63, 3.8) is 0 Å². The average Bonchev–Trinajstić information content (AvgIpc) is 2.13. The van der Waals surface area contributed by atoms with Crippen molar-refractivity contribution >= 4 is 8.32 Å². The fourth-order valence-corrected chi connectivity index (χ4v) is 2.23. The normalized spacial score (nSPS) is 16.6. The summed E-state index contributed by atoms with van der Waals surface area (Å²) in [4.78, 5) is 0. The van der Waals surface area contributed by atoms with Crippen LogP contribution in [0, 0.1) is 0 Å². The van der Waals surface area contributed by atoms with Gasteiger partial charge in [-0.2, -0.15) is 0 Å². The van der Waals surface area contributed by atoms with E-state index >= 15 is 0 Å². The van der Waals surface area contributed by atoms with E-state index in [-0.39, 0.29) is 5.04 Å². The minimum absolute atomic E-state index is 0.145. The lowest BCUT2D eigenvalue weighted by molar-refractivity contribution is 0.0462. The molecule has 0 aliphatic heterocycles. The van der Waals surface area contributed by atoms with E-state index in [0.717, 1.165) is 0 Å². The van der Waals surface area contributed by atoms with Crippen LogP contribution in [0.5, 0.6) is 0 Å². The largest absolute Gasteiger partial charge is 0.414 e. The van der Waals surface area contributed by atoms with Gasteiger partial charge in [0, 0.05) is 6.42 Å². The van der Waals surface area contributed by atoms with Gasteiger partial charge in [-0.15, -0.1) is 6.58 Å². The Hall–Kier alpha value is -0.163. The van der Waals surface area contributed by atoms with Crippen LogP contribution in [-0.2, 0) is 4.43 Å². The van der Waals surface area contributed by atoms with Crippen LogP contribution in [-0.4, -0.2) is 37.3 Å². The number of aliphatic hydroxyl groups excluding tert-OH is 2. The minimum atomic E-state index is -1.80. The first-order valence-electron chi connectivity index (χ1n) is 6.21. The Balaban J connectivity index is 4.07. The fourth-order valence-electron chi connectivity index (χ4n) is 1.19. The zero-order valence-electron chi connectivity index (χ0n) is 11.9. The third-order valence-electron chi connectivity index (χ3n) is 3.43. The number of hydrogen-bond donors (Lipinski definition) is 2. The first-order chi connectivity index (χ1) is 7.60. The summed E-state index contributed by atoms with van der Waals surface area (Å²) in [6.45, 7) is 14.7. The summed E-state index contributed by atoms with van der Waals surface area (Å²) in [7, 11) is -1.80. The quantitative estimate of drug-likeness (QED) is 0.546. The molecule has 0 bridgehead atoms. The van der Waals surface area contributed by atoms with Gasteiger partial charge in [-0.25, -0.2) is 0 Å². The van der Waals surface area contributed by atoms with Crippen molar-refractivity contribution in [1.82, 2.24) is 0 Å². The average molecular weight is 260 g/mol. The Morgan fingerprint density at radius 2 is 1.76 bits per heavy atom. The van der Waals surface area contributed by atoms with Crippen molar-refractivity contribution in [2.24, 2.45) is 0 Å². The molecule has 2 unspecified atom stereocenters. The molecule has 0 heterocycles. The van der Waals surface area contributed by atoms with Crippen LogP contribution in [0.3, 0.4) is 0 Å². The molecule has 0 rings (SSSR count). The Labute approximate surface area is 107 Å². The molecule has 0 spiro atoms. The number of rotatable bonds is 7. The van der Waals surface area contributed by atoms with Crippen LogP contribution in [0.4, 0.5) is 0 Å². The van der Waals surface area contributed by atoms with Crippen molar-refractivity contribution < 1.29 is 14.6 Å². The van der Waals surface area contributed by atoms with E-state index < -0.39 is 20.5 Å². The lowest BCUT2D eigenvalue weighted by atomic mass is 10.1. The second kappa shape index (κ2) is 6.68. The van der Waals surface area contributed by atoms with Gasteiger partial charge in [0.25, 0.3) is 0 Å². The Morgan fingerprint density at radius 1 is 1.24 bits per heavy atom. The van der Waals surface area contributed by atoms with Gasteiger partial charge in [0.2, 0.25) is 0 Å².